The molecule has 0 saturated carbocycles. The lowest BCUT2D eigenvalue weighted by atomic mass is 9.98. The maximum atomic E-state index is 12.6. The van der Waals surface area contributed by atoms with Crippen LogP contribution in [0.5, 0.6) is 0 Å². The molecule has 0 saturated heterocycles. The van der Waals surface area contributed by atoms with Crippen LogP contribution in [-0.2, 0) is 14.3 Å². The van der Waals surface area contributed by atoms with E-state index in [0.717, 1.165) is 22.3 Å². The average Bonchev–Trinajstić information content (AvgIpc) is 3.08. The van der Waals surface area contributed by atoms with E-state index >= 15 is 0 Å². The van der Waals surface area contributed by atoms with Crippen molar-refractivity contribution in [1.29, 1.82) is 0 Å². The molecule has 0 bridgehead atoms. The number of alkyl carbamates (subject to hydrolysis) is 1. The first-order chi connectivity index (χ1) is 16.0. The third-order valence-electron chi connectivity index (χ3n) is 5.51. The quantitative estimate of drug-likeness (QED) is 0.568. The number of amides is 2. The van der Waals surface area contributed by atoms with Gasteiger partial charge in [0.1, 0.15) is 19.7 Å². The molecule has 0 aliphatic heterocycles. The van der Waals surface area contributed by atoms with Gasteiger partial charge in [-0.1, -0.05) is 55.5 Å². The van der Waals surface area contributed by atoms with Crippen LogP contribution in [0.15, 0.2) is 48.5 Å². The topological polar surface area (TPSA) is 95.9 Å². The molecule has 2 N–H and O–H groups in total. The molecule has 182 valence electrons. The highest BCUT2D eigenvalue weighted by atomic mass is 19.4. The summed E-state index contributed by atoms with van der Waals surface area (Å²) in [6.07, 6.45) is -5.78. The number of carboxylic acid groups (broad SMARTS) is 1. The average molecular weight is 478 g/mol. The van der Waals surface area contributed by atoms with Gasteiger partial charge in [-0.2, -0.15) is 13.2 Å². The number of nitrogens with one attached hydrogen (secondary N) is 1. The van der Waals surface area contributed by atoms with Gasteiger partial charge in [0, 0.05) is 18.9 Å². The third-order valence-corrected chi connectivity index (χ3v) is 5.51. The zero-order chi connectivity index (χ0) is 24.9. The number of fused-ring (bicyclic) bond motifs is 3. The molecule has 10 heteroatoms. The third kappa shape index (κ3) is 6.49. The monoisotopic (exact) mass is 478 g/mol. The van der Waals surface area contributed by atoms with E-state index in [4.69, 9.17) is 9.84 Å². The van der Waals surface area contributed by atoms with E-state index < -0.39 is 43.2 Å². The van der Waals surface area contributed by atoms with Gasteiger partial charge in [-0.05, 0) is 28.2 Å². The minimum atomic E-state index is -4.71. The Kier molecular flexibility index (Phi) is 7.80. The number of aliphatic carboxylic acids is 1. The van der Waals surface area contributed by atoms with Crippen molar-refractivity contribution in [1.82, 2.24) is 10.2 Å². The Balaban J connectivity index is 1.50. The van der Waals surface area contributed by atoms with Gasteiger partial charge >= 0.3 is 18.2 Å². The summed E-state index contributed by atoms with van der Waals surface area (Å²) in [6, 6.07) is 15.7. The highest BCUT2D eigenvalue weighted by molar-refractivity contribution is 5.81. The highest BCUT2D eigenvalue weighted by Gasteiger charge is 2.34. The van der Waals surface area contributed by atoms with Crippen LogP contribution >= 0.6 is 0 Å². The van der Waals surface area contributed by atoms with Gasteiger partial charge in [0.2, 0.25) is 5.91 Å². The largest absolute Gasteiger partial charge is 0.480 e. The molecule has 0 fully saturated rings. The second-order valence-corrected chi connectivity index (χ2v) is 8.27. The Hall–Kier alpha value is -3.56. The van der Waals surface area contributed by atoms with Crippen LogP contribution in [0.1, 0.15) is 30.4 Å². The summed E-state index contributed by atoms with van der Waals surface area (Å²) in [4.78, 5) is 35.4. The van der Waals surface area contributed by atoms with E-state index in [9.17, 15) is 27.6 Å². The Morgan fingerprint density at radius 2 is 1.62 bits per heavy atom. The molecule has 7 nitrogen and oxygen atoms in total. The van der Waals surface area contributed by atoms with E-state index in [1.807, 2.05) is 48.5 Å². The SMILES string of the molecule is CC(CNC(=O)OCC1c2ccccc2-c2ccccc21)CC(=O)N(CC(=O)O)CC(F)(F)F. The summed E-state index contributed by atoms with van der Waals surface area (Å²) < 4.78 is 43.3. The number of ether oxygens (including phenoxy) is 1. The Morgan fingerprint density at radius 1 is 1.06 bits per heavy atom. The van der Waals surface area contributed by atoms with Crippen molar-refractivity contribution in [3.63, 3.8) is 0 Å². The Morgan fingerprint density at radius 3 is 2.15 bits per heavy atom. The second-order valence-electron chi connectivity index (χ2n) is 8.27. The first-order valence-electron chi connectivity index (χ1n) is 10.7. The smallest absolute Gasteiger partial charge is 0.407 e. The molecule has 2 aromatic rings. The van der Waals surface area contributed by atoms with E-state index in [1.54, 1.807) is 6.92 Å². The second kappa shape index (κ2) is 10.6. The molecule has 0 radical (unpaired) electrons. The predicted octanol–water partition coefficient (Wildman–Crippen LogP) is 4.03. The number of halogens is 3. The van der Waals surface area contributed by atoms with Crippen molar-refractivity contribution in [3.8, 4) is 11.1 Å². The summed E-state index contributed by atoms with van der Waals surface area (Å²) >= 11 is 0. The minimum Gasteiger partial charge on any atom is -0.480 e. The van der Waals surface area contributed by atoms with Crippen molar-refractivity contribution in [2.45, 2.75) is 25.4 Å². The number of carboxylic acids is 1. The van der Waals surface area contributed by atoms with E-state index in [2.05, 4.69) is 5.32 Å². The zero-order valence-electron chi connectivity index (χ0n) is 18.5. The highest BCUT2D eigenvalue weighted by Crippen LogP contribution is 2.44. The van der Waals surface area contributed by atoms with Gasteiger partial charge < -0.3 is 20.1 Å². The molecule has 0 aromatic heterocycles. The molecule has 2 amide bonds. The number of carbonyl (C=O) groups is 3. The zero-order valence-corrected chi connectivity index (χ0v) is 18.5. The molecule has 0 spiro atoms. The standard InChI is InChI=1S/C24H25F3N2O5/c1-15(10-21(30)29(12-22(31)32)14-24(25,26)27)11-28-23(33)34-13-20-18-8-4-2-6-16(18)17-7-3-5-9-19(17)20/h2-9,15,20H,10-14H2,1H3,(H,28,33)(H,31,32). The lowest BCUT2D eigenvalue weighted by Gasteiger charge is -2.23. The molecule has 1 aliphatic rings. The van der Waals surface area contributed by atoms with Gasteiger partial charge in [0.15, 0.2) is 0 Å². The number of hydrogen-bond acceptors (Lipinski definition) is 4. The van der Waals surface area contributed by atoms with E-state index in [0.29, 0.717) is 0 Å². The first kappa shape index (κ1) is 25.1. The molecule has 3 rings (SSSR count). The van der Waals surface area contributed by atoms with Crippen molar-refractivity contribution in [3.05, 3.63) is 59.7 Å². The van der Waals surface area contributed by atoms with Gasteiger partial charge in [-0.3, -0.25) is 9.59 Å². The normalized spacial score (nSPS) is 13.5. The predicted molar refractivity (Wildman–Crippen MR) is 117 cm³/mol. The van der Waals surface area contributed by atoms with Crippen LogP contribution in [0.3, 0.4) is 0 Å². The molecular weight excluding hydrogens is 453 g/mol. The van der Waals surface area contributed by atoms with Gasteiger partial charge in [-0.15, -0.1) is 0 Å². The maximum absolute atomic E-state index is 12.6. The van der Waals surface area contributed by atoms with E-state index in [-0.39, 0.29) is 30.4 Å². The Bertz CT molecular complexity index is 1010. The summed E-state index contributed by atoms with van der Waals surface area (Å²) in [7, 11) is 0. The Labute approximate surface area is 194 Å². The molecule has 34 heavy (non-hydrogen) atoms. The summed E-state index contributed by atoms with van der Waals surface area (Å²) in [5.74, 6) is -3.15. The van der Waals surface area contributed by atoms with Crippen LogP contribution in [0.4, 0.5) is 18.0 Å². The number of hydrogen-bond donors (Lipinski definition) is 2. The fourth-order valence-electron chi connectivity index (χ4n) is 4.02. The number of nitrogens with zero attached hydrogens (tertiary/aromatic N) is 1. The molecule has 1 aliphatic carbocycles. The first-order valence-corrected chi connectivity index (χ1v) is 10.7. The fraction of sp³-hybridized carbons (Fsp3) is 0.375. The van der Waals surface area contributed by atoms with Crippen LogP contribution in [0.25, 0.3) is 11.1 Å². The molecule has 1 atom stereocenters. The van der Waals surface area contributed by atoms with Gasteiger partial charge in [0.25, 0.3) is 0 Å². The van der Waals surface area contributed by atoms with Crippen molar-refractivity contribution >= 4 is 18.0 Å². The van der Waals surface area contributed by atoms with Crippen molar-refractivity contribution in [2.75, 3.05) is 26.2 Å². The number of benzene rings is 2. The molecule has 0 heterocycles. The summed E-state index contributed by atoms with van der Waals surface area (Å²) in [5, 5.41) is 11.3. The molecule has 2 aromatic carbocycles. The number of carbonyl (C=O) groups excluding carboxylic acids is 2. The number of rotatable bonds is 9. The van der Waals surface area contributed by atoms with Crippen molar-refractivity contribution < 1.29 is 37.4 Å². The molecular formula is C24H25F3N2O5. The van der Waals surface area contributed by atoms with Crippen LogP contribution < -0.4 is 5.32 Å². The number of alkyl halides is 3. The fourth-order valence-corrected chi connectivity index (χ4v) is 4.02. The van der Waals surface area contributed by atoms with Crippen molar-refractivity contribution in [2.24, 2.45) is 5.92 Å². The minimum absolute atomic E-state index is 0.0185. The summed E-state index contributed by atoms with van der Waals surface area (Å²) in [6.45, 7) is -1.05. The van der Waals surface area contributed by atoms with Crippen LogP contribution in [-0.4, -0.2) is 60.4 Å². The van der Waals surface area contributed by atoms with Gasteiger partial charge in [0.05, 0.1) is 0 Å². The van der Waals surface area contributed by atoms with Crippen LogP contribution in [0, 0.1) is 5.92 Å². The van der Waals surface area contributed by atoms with E-state index in [1.165, 1.54) is 0 Å². The van der Waals surface area contributed by atoms with Gasteiger partial charge in [-0.25, -0.2) is 4.79 Å². The summed E-state index contributed by atoms with van der Waals surface area (Å²) in [5.41, 5.74) is 4.28. The lowest BCUT2D eigenvalue weighted by molar-refractivity contribution is -0.166. The lowest BCUT2D eigenvalue weighted by Crippen LogP contribution is -2.43. The maximum Gasteiger partial charge on any atom is 0.407 e. The van der Waals surface area contributed by atoms with Crippen LogP contribution in [0.2, 0.25) is 0 Å². The molecule has 1 unspecified atom stereocenters.